The summed E-state index contributed by atoms with van der Waals surface area (Å²) in [7, 11) is 0. The number of nitrogens with one attached hydrogen (secondary N) is 1. The van der Waals surface area contributed by atoms with Crippen LogP contribution in [-0.2, 0) is 4.79 Å². The molecule has 17 heavy (non-hydrogen) atoms. The van der Waals surface area contributed by atoms with E-state index in [1.807, 2.05) is 0 Å². The summed E-state index contributed by atoms with van der Waals surface area (Å²) in [5, 5.41) is 21.7. The van der Waals surface area contributed by atoms with Crippen molar-refractivity contribution in [3.05, 3.63) is 35.1 Å². The maximum atomic E-state index is 13.5. The van der Waals surface area contributed by atoms with Gasteiger partial charge in [-0.1, -0.05) is 12.1 Å². The Bertz CT molecular complexity index is 409. The van der Waals surface area contributed by atoms with E-state index in [1.54, 1.807) is 13.0 Å². The first-order valence-corrected chi connectivity index (χ1v) is 5.28. The number of aliphatic hydroxyl groups excluding tert-OH is 2. The van der Waals surface area contributed by atoms with Crippen molar-refractivity contribution in [1.82, 2.24) is 5.32 Å². The summed E-state index contributed by atoms with van der Waals surface area (Å²) in [6, 6.07) is 4.35. The van der Waals surface area contributed by atoms with Gasteiger partial charge in [-0.25, -0.2) is 4.39 Å². The normalized spacial score (nSPS) is 14.2. The van der Waals surface area contributed by atoms with Gasteiger partial charge >= 0.3 is 0 Å². The molecule has 0 aliphatic rings. The number of amides is 1. The highest BCUT2D eigenvalue weighted by Crippen LogP contribution is 2.20. The first-order valence-electron chi connectivity index (χ1n) is 5.28. The summed E-state index contributed by atoms with van der Waals surface area (Å²) in [4.78, 5) is 10.6. The van der Waals surface area contributed by atoms with E-state index in [0.717, 1.165) is 5.56 Å². The Kier molecular flexibility index (Phi) is 4.60. The van der Waals surface area contributed by atoms with Crippen molar-refractivity contribution in [1.29, 1.82) is 0 Å². The van der Waals surface area contributed by atoms with Crippen LogP contribution in [0, 0.1) is 12.7 Å². The molecule has 94 valence electrons. The first kappa shape index (κ1) is 13.6. The summed E-state index contributed by atoms with van der Waals surface area (Å²) < 4.78 is 13.5. The third kappa shape index (κ3) is 3.80. The SMILES string of the molecule is CC(=O)NCC(O)C(O)c1ccc(C)cc1F. The van der Waals surface area contributed by atoms with Gasteiger partial charge in [0.05, 0.1) is 0 Å². The van der Waals surface area contributed by atoms with Crippen molar-refractivity contribution in [2.75, 3.05) is 6.54 Å². The largest absolute Gasteiger partial charge is 0.388 e. The lowest BCUT2D eigenvalue weighted by Crippen LogP contribution is -2.34. The van der Waals surface area contributed by atoms with Crippen LogP contribution in [0.1, 0.15) is 24.2 Å². The van der Waals surface area contributed by atoms with Crippen LogP contribution in [0.25, 0.3) is 0 Å². The molecule has 1 amide bonds. The molecule has 3 N–H and O–H groups in total. The number of carbonyl (C=O) groups is 1. The average Bonchev–Trinajstić information content (AvgIpc) is 2.25. The lowest BCUT2D eigenvalue weighted by molar-refractivity contribution is -0.119. The van der Waals surface area contributed by atoms with Gasteiger partial charge < -0.3 is 15.5 Å². The number of aliphatic hydroxyl groups is 2. The van der Waals surface area contributed by atoms with E-state index in [1.165, 1.54) is 19.1 Å². The van der Waals surface area contributed by atoms with Crippen LogP contribution in [0.5, 0.6) is 0 Å². The fraction of sp³-hybridized carbons (Fsp3) is 0.417. The van der Waals surface area contributed by atoms with E-state index in [2.05, 4.69) is 5.32 Å². The smallest absolute Gasteiger partial charge is 0.216 e. The van der Waals surface area contributed by atoms with Gasteiger partial charge in [-0.2, -0.15) is 0 Å². The molecule has 4 nitrogen and oxygen atoms in total. The lowest BCUT2D eigenvalue weighted by Gasteiger charge is -2.19. The zero-order valence-electron chi connectivity index (χ0n) is 9.77. The Balaban J connectivity index is 2.74. The van der Waals surface area contributed by atoms with Crippen LogP contribution in [0.4, 0.5) is 4.39 Å². The summed E-state index contributed by atoms with van der Waals surface area (Å²) in [5.41, 5.74) is 0.753. The fourth-order valence-electron chi connectivity index (χ4n) is 1.44. The molecule has 0 saturated carbocycles. The summed E-state index contributed by atoms with van der Waals surface area (Å²) in [6.45, 7) is 2.91. The van der Waals surface area contributed by atoms with Crippen LogP contribution in [0.15, 0.2) is 18.2 Å². The van der Waals surface area contributed by atoms with Crippen molar-refractivity contribution < 1.29 is 19.4 Å². The number of carbonyl (C=O) groups excluding carboxylic acids is 1. The summed E-state index contributed by atoms with van der Waals surface area (Å²) in [5.74, 6) is -0.889. The summed E-state index contributed by atoms with van der Waals surface area (Å²) in [6.07, 6.45) is -2.60. The van der Waals surface area contributed by atoms with Crippen LogP contribution < -0.4 is 5.32 Å². The van der Waals surface area contributed by atoms with E-state index in [0.29, 0.717) is 0 Å². The maximum absolute atomic E-state index is 13.5. The molecule has 2 unspecified atom stereocenters. The van der Waals surface area contributed by atoms with Crippen molar-refractivity contribution in [3.63, 3.8) is 0 Å². The number of hydrogen-bond donors (Lipinski definition) is 3. The van der Waals surface area contributed by atoms with Gasteiger partial charge in [-0.05, 0) is 18.6 Å². The standard InChI is InChI=1S/C12H16FNO3/c1-7-3-4-9(10(13)5-7)12(17)11(16)6-14-8(2)15/h3-5,11-12,16-17H,6H2,1-2H3,(H,14,15). The van der Waals surface area contributed by atoms with Gasteiger partial charge in [-0.3, -0.25) is 4.79 Å². The first-order chi connectivity index (χ1) is 7.91. The van der Waals surface area contributed by atoms with E-state index in [9.17, 15) is 19.4 Å². The molecule has 0 saturated heterocycles. The lowest BCUT2D eigenvalue weighted by atomic mass is 10.0. The minimum absolute atomic E-state index is 0.0217. The van der Waals surface area contributed by atoms with Gasteiger partial charge in [0.15, 0.2) is 0 Å². The highest BCUT2D eigenvalue weighted by Gasteiger charge is 2.21. The van der Waals surface area contributed by atoms with Crippen LogP contribution >= 0.6 is 0 Å². The number of benzene rings is 1. The van der Waals surface area contributed by atoms with Crippen molar-refractivity contribution in [3.8, 4) is 0 Å². The Hall–Kier alpha value is -1.46. The van der Waals surface area contributed by atoms with Crippen molar-refractivity contribution in [2.45, 2.75) is 26.1 Å². The number of rotatable bonds is 4. The van der Waals surface area contributed by atoms with Gasteiger partial charge in [0.2, 0.25) is 5.91 Å². The molecular weight excluding hydrogens is 225 g/mol. The van der Waals surface area contributed by atoms with Gasteiger partial charge in [0.25, 0.3) is 0 Å². The maximum Gasteiger partial charge on any atom is 0.216 e. The highest BCUT2D eigenvalue weighted by atomic mass is 19.1. The second-order valence-corrected chi connectivity index (χ2v) is 3.97. The highest BCUT2D eigenvalue weighted by molar-refractivity contribution is 5.72. The third-order valence-electron chi connectivity index (χ3n) is 2.40. The molecule has 0 fully saturated rings. The zero-order chi connectivity index (χ0) is 13.0. The number of halogens is 1. The minimum atomic E-state index is -1.36. The second kappa shape index (κ2) is 5.75. The molecule has 0 heterocycles. The molecule has 0 aliphatic carbocycles. The third-order valence-corrected chi connectivity index (χ3v) is 2.40. The molecule has 0 aliphatic heterocycles. The molecule has 5 heteroatoms. The quantitative estimate of drug-likeness (QED) is 0.725. The molecule has 0 aromatic heterocycles. The Morgan fingerprint density at radius 2 is 2.12 bits per heavy atom. The molecule has 1 aromatic carbocycles. The van der Waals surface area contributed by atoms with Gasteiger partial charge in [0, 0.05) is 19.0 Å². The molecule has 2 atom stereocenters. The molecule has 0 spiro atoms. The van der Waals surface area contributed by atoms with E-state index in [-0.39, 0.29) is 18.0 Å². The van der Waals surface area contributed by atoms with Gasteiger partial charge in [0.1, 0.15) is 18.0 Å². The average molecular weight is 241 g/mol. The molecule has 0 bridgehead atoms. The Morgan fingerprint density at radius 3 is 2.65 bits per heavy atom. The topological polar surface area (TPSA) is 69.6 Å². The molecular formula is C12H16FNO3. The van der Waals surface area contributed by atoms with Gasteiger partial charge in [-0.15, -0.1) is 0 Å². The molecule has 1 rings (SSSR count). The van der Waals surface area contributed by atoms with Crippen molar-refractivity contribution in [2.24, 2.45) is 0 Å². The fourth-order valence-corrected chi connectivity index (χ4v) is 1.44. The Morgan fingerprint density at radius 1 is 1.47 bits per heavy atom. The van der Waals surface area contributed by atoms with E-state index >= 15 is 0 Å². The van der Waals surface area contributed by atoms with Crippen LogP contribution in [0.2, 0.25) is 0 Å². The van der Waals surface area contributed by atoms with Crippen LogP contribution in [0.3, 0.4) is 0 Å². The zero-order valence-corrected chi connectivity index (χ0v) is 9.77. The molecule has 1 aromatic rings. The number of aryl methyl sites for hydroxylation is 1. The van der Waals surface area contributed by atoms with E-state index < -0.39 is 18.0 Å². The second-order valence-electron chi connectivity index (χ2n) is 3.97. The van der Waals surface area contributed by atoms with Crippen LogP contribution in [-0.4, -0.2) is 28.8 Å². The number of hydrogen-bond acceptors (Lipinski definition) is 3. The monoisotopic (exact) mass is 241 g/mol. The summed E-state index contributed by atoms with van der Waals surface area (Å²) >= 11 is 0. The minimum Gasteiger partial charge on any atom is -0.388 e. The van der Waals surface area contributed by atoms with Crippen molar-refractivity contribution >= 4 is 5.91 Å². The Labute approximate surface area is 99.1 Å². The molecule has 0 radical (unpaired) electrons. The predicted octanol–water partition coefficient (Wildman–Crippen LogP) is 0.665. The predicted molar refractivity (Wildman–Crippen MR) is 60.8 cm³/mol. The van der Waals surface area contributed by atoms with E-state index in [4.69, 9.17) is 0 Å².